The number of hydrogen-bond acceptors (Lipinski definition) is 4. The van der Waals surface area contributed by atoms with Gasteiger partial charge in [-0.25, -0.2) is 4.98 Å². The second-order valence-corrected chi connectivity index (χ2v) is 6.78. The number of carbonyl (C=O) groups excluding carboxylic acids is 1. The van der Waals surface area contributed by atoms with E-state index < -0.39 is 0 Å². The number of nitrogens with zero attached hydrogens (tertiary/aromatic N) is 3. The van der Waals surface area contributed by atoms with Gasteiger partial charge in [0.15, 0.2) is 0 Å². The Morgan fingerprint density at radius 2 is 1.92 bits per heavy atom. The Hall–Kier alpha value is -1.82. The second kappa shape index (κ2) is 8.52. The summed E-state index contributed by atoms with van der Waals surface area (Å²) in [5.74, 6) is 0.966. The van der Waals surface area contributed by atoms with Crippen molar-refractivity contribution in [1.82, 2.24) is 9.88 Å². The maximum Gasteiger partial charge on any atom is 0.225 e. The second-order valence-electron chi connectivity index (χ2n) is 5.94. The van der Waals surface area contributed by atoms with Crippen molar-refractivity contribution in [2.45, 2.75) is 6.42 Å². The third-order valence-electron chi connectivity index (χ3n) is 4.21. The molecular formula is C18H20Cl2N4O. The van der Waals surface area contributed by atoms with E-state index in [-0.39, 0.29) is 5.91 Å². The van der Waals surface area contributed by atoms with Crippen molar-refractivity contribution in [3.05, 3.63) is 52.6 Å². The molecule has 1 saturated heterocycles. The van der Waals surface area contributed by atoms with Crippen LogP contribution in [0.5, 0.6) is 0 Å². The average molecular weight is 379 g/mol. The molecule has 3 rings (SSSR count). The number of amides is 1. The first kappa shape index (κ1) is 18.0. The minimum absolute atomic E-state index is 0.0450. The number of halogens is 2. The smallest absolute Gasteiger partial charge is 0.225 e. The van der Waals surface area contributed by atoms with E-state index in [4.69, 9.17) is 23.2 Å². The van der Waals surface area contributed by atoms with Gasteiger partial charge in [0, 0.05) is 50.4 Å². The van der Waals surface area contributed by atoms with Crippen LogP contribution in [0.1, 0.15) is 6.42 Å². The molecule has 0 radical (unpaired) electrons. The van der Waals surface area contributed by atoms with Crippen molar-refractivity contribution in [3.8, 4) is 0 Å². The number of nitrogens with one attached hydrogen (secondary N) is 1. The van der Waals surface area contributed by atoms with E-state index in [9.17, 15) is 4.79 Å². The van der Waals surface area contributed by atoms with Crippen LogP contribution < -0.4 is 10.2 Å². The zero-order chi connectivity index (χ0) is 17.6. The molecule has 1 aliphatic heterocycles. The first-order chi connectivity index (χ1) is 12.1. The lowest BCUT2D eigenvalue weighted by molar-refractivity contribution is -0.116. The Balaban J connectivity index is 1.43. The number of benzene rings is 1. The largest absolute Gasteiger partial charge is 0.354 e. The summed E-state index contributed by atoms with van der Waals surface area (Å²) in [7, 11) is 0. The van der Waals surface area contributed by atoms with Crippen LogP contribution in [0.25, 0.3) is 0 Å². The molecule has 2 aromatic rings. The topological polar surface area (TPSA) is 48.5 Å². The molecular weight excluding hydrogens is 359 g/mol. The fourth-order valence-corrected chi connectivity index (χ4v) is 3.26. The van der Waals surface area contributed by atoms with E-state index in [2.05, 4.69) is 20.1 Å². The molecule has 132 valence electrons. The molecule has 0 atom stereocenters. The summed E-state index contributed by atoms with van der Waals surface area (Å²) in [6, 6.07) is 11.0. The SMILES string of the molecule is O=C(CCN1CCN(c2ccccn2)CC1)Nc1ccc(Cl)cc1Cl. The highest BCUT2D eigenvalue weighted by Crippen LogP contribution is 2.25. The number of pyridine rings is 1. The molecule has 7 heteroatoms. The van der Waals surface area contributed by atoms with Crippen molar-refractivity contribution in [2.75, 3.05) is 42.9 Å². The number of carbonyl (C=O) groups is 1. The number of piperazine rings is 1. The summed E-state index contributed by atoms with van der Waals surface area (Å²) < 4.78 is 0. The third-order valence-corrected chi connectivity index (χ3v) is 4.75. The van der Waals surface area contributed by atoms with Crippen LogP contribution in [-0.4, -0.2) is 48.5 Å². The summed E-state index contributed by atoms with van der Waals surface area (Å²) in [6.45, 7) is 4.41. The average Bonchev–Trinajstić information content (AvgIpc) is 2.63. The van der Waals surface area contributed by atoms with Gasteiger partial charge in [-0.05, 0) is 30.3 Å². The van der Waals surface area contributed by atoms with Gasteiger partial charge in [0.05, 0.1) is 10.7 Å². The fraction of sp³-hybridized carbons (Fsp3) is 0.333. The van der Waals surface area contributed by atoms with Crippen LogP contribution in [0.2, 0.25) is 10.0 Å². The summed E-state index contributed by atoms with van der Waals surface area (Å²) in [5.41, 5.74) is 0.594. The highest BCUT2D eigenvalue weighted by Gasteiger charge is 2.18. The van der Waals surface area contributed by atoms with Gasteiger partial charge < -0.3 is 10.2 Å². The highest BCUT2D eigenvalue weighted by molar-refractivity contribution is 6.36. The first-order valence-corrected chi connectivity index (χ1v) is 9.00. The van der Waals surface area contributed by atoms with Crippen molar-refractivity contribution >= 4 is 40.6 Å². The van der Waals surface area contributed by atoms with E-state index in [0.717, 1.165) is 38.5 Å². The zero-order valence-corrected chi connectivity index (χ0v) is 15.3. The van der Waals surface area contributed by atoms with Crippen molar-refractivity contribution in [3.63, 3.8) is 0 Å². The van der Waals surface area contributed by atoms with E-state index in [1.807, 2.05) is 24.4 Å². The maximum absolute atomic E-state index is 12.1. The summed E-state index contributed by atoms with van der Waals surface area (Å²) in [5, 5.41) is 3.83. The number of aromatic nitrogens is 1. The molecule has 0 aliphatic carbocycles. The Morgan fingerprint density at radius 3 is 2.60 bits per heavy atom. The fourth-order valence-electron chi connectivity index (χ4n) is 2.80. The predicted octanol–water partition coefficient (Wildman–Crippen LogP) is 3.54. The first-order valence-electron chi connectivity index (χ1n) is 8.25. The zero-order valence-electron chi connectivity index (χ0n) is 13.8. The van der Waals surface area contributed by atoms with Gasteiger partial charge in [-0.3, -0.25) is 9.69 Å². The van der Waals surface area contributed by atoms with Gasteiger partial charge in [0.2, 0.25) is 5.91 Å². The van der Waals surface area contributed by atoms with E-state index >= 15 is 0 Å². The molecule has 5 nitrogen and oxygen atoms in total. The summed E-state index contributed by atoms with van der Waals surface area (Å²) in [4.78, 5) is 21.1. The maximum atomic E-state index is 12.1. The Labute approximate surface area is 157 Å². The molecule has 25 heavy (non-hydrogen) atoms. The molecule has 0 unspecified atom stereocenters. The molecule has 1 aliphatic rings. The standard InChI is InChI=1S/C18H20Cl2N4O/c19-14-4-5-16(15(20)13-14)22-18(25)6-8-23-9-11-24(12-10-23)17-3-1-2-7-21-17/h1-5,7,13H,6,8-12H2,(H,22,25). The van der Waals surface area contributed by atoms with Crippen molar-refractivity contribution in [2.24, 2.45) is 0 Å². The molecule has 1 N–H and O–H groups in total. The lowest BCUT2D eigenvalue weighted by Crippen LogP contribution is -2.47. The lowest BCUT2D eigenvalue weighted by Gasteiger charge is -2.35. The van der Waals surface area contributed by atoms with Crippen molar-refractivity contribution < 1.29 is 4.79 Å². The molecule has 0 saturated carbocycles. The van der Waals surface area contributed by atoms with Gasteiger partial charge in [-0.1, -0.05) is 29.3 Å². The minimum Gasteiger partial charge on any atom is -0.354 e. The monoisotopic (exact) mass is 378 g/mol. The van der Waals surface area contributed by atoms with Crippen LogP contribution in [0.15, 0.2) is 42.6 Å². The quantitative estimate of drug-likeness (QED) is 0.864. The van der Waals surface area contributed by atoms with Gasteiger partial charge in [0.25, 0.3) is 0 Å². The molecule has 1 aromatic carbocycles. The number of anilines is 2. The van der Waals surface area contributed by atoms with Crippen molar-refractivity contribution in [1.29, 1.82) is 0 Å². The van der Waals surface area contributed by atoms with Gasteiger partial charge in [-0.15, -0.1) is 0 Å². The van der Waals surface area contributed by atoms with E-state index in [1.165, 1.54) is 0 Å². The Bertz CT molecular complexity index is 718. The molecule has 1 amide bonds. The van der Waals surface area contributed by atoms with E-state index in [0.29, 0.717) is 22.2 Å². The minimum atomic E-state index is -0.0450. The van der Waals surface area contributed by atoms with E-state index in [1.54, 1.807) is 18.2 Å². The van der Waals surface area contributed by atoms with Crippen LogP contribution in [-0.2, 0) is 4.79 Å². The van der Waals surface area contributed by atoms with Gasteiger partial charge in [-0.2, -0.15) is 0 Å². The van der Waals surface area contributed by atoms with Crippen LogP contribution in [0, 0.1) is 0 Å². The predicted molar refractivity (Wildman–Crippen MR) is 103 cm³/mol. The molecule has 1 aromatic heterocycles. The molecule has 0 spiro atoms. The molecule has 0 bridgehead atoms. The van der Waals surface area contributed by atoms with Crippen LogP contribution >= 0.6 is 23.2 Å². The molecule has 2 heterocycles. The summed E-state index contributed by atoms with van der Waals surface area (Å²) in [6.07, 6.45) is 2.25. The normalized spacial score (nSPS) is 15.2. The van der Waals surface area contributed by atoms with Gasteiger partial charge in [0.1, 0.15) is 5.82 Å². The summed E-state index contributed by atoms with van der Waals surface area (Å²) >= 11 is 11.9. The lowest BCUT2D eigenvalue weighted by atomic mass is 10.2. The number of rotatable bonds is 5. The highest BCUT2D eigenvalue weighted by atomic mass is 35.5. The van der Waals surface area contributed by atoms with Gasteiger partial charge >= 0.3 is 0 Å². The number of hydrogen-bond donors (Lipinski definition) is 1. The van der Waals surface area contributed by atoms with Crippen LogP contribution in [0.4, 0.5) is 11.5 Å². The molecule has 1 fully saturated rings. The van der Waals surface area contributed by atoms with Crippen LogP contribution in [0.3, 0.4) is 0 Å². The Kier molecular flexibility index (Phi) is 6.13. The third kappa shape index (κ3) is 5.08. The Morgan fingerprint density at radius 1 is 1.12 bits per heavy atom.